The van der Waals surface area contributed by atoms with E-state index >= 15 is 0 Å². The Hall–Kier alpha value is -0.540. The SMILES string of the molecule is C=C1CC(C(N)C2CCC2)CN1C(C)N. The Balaban J connectivity index is 1.92. The Kier molecular flexibility index (Phi) is 3.03. The average molecular weight is 209 g/mol. The monoisotopic (exact) mass is 209 g/mol. The number of hydrogen-bond donors (Lipinski definition) is 2. The molecule has 3 atom stereocenters. The van der Waals surface area contributed by atoms with Crippen molar-refractivity contribution in [2.45, 2.75) is 44.8 Å². The molecule has 1 aliphatic carbocycles. The van der Waals surface area contributed by atoms with Gasteiger partial charge in [-0.1, -0.05) is 13.0 Å². The van der Waals surface area contributed by atoms with Gasteiger partial charge in [0, 0.05) is 18.3 Å². The lowest BCUT2D eigenvalue weighted by Gasteiger charge is -2.35. The summed E-state index contributed by atoms with van der Waals surface area (Å²) >= 11 is 0. The Labute approximate surface area is 92.5 Å². The average Bonchev–Trinajstić information content (AvgIpc) is 2.44. The van der Waals surface area contributed by atoms with Crippen molar-refractivity contribution in [1.82, 2.24) is 4.90 Å². The van der Waals surface area contributed by atoms with Gasteiger partial charge in [0.1, 0.15) is 0 Å². The molecule has 0 radical (unpaired) electrons. The third kappa shape index (κ3) is 2.04. The normalized spacial score (nSPS) is 31.5. The summed E-state index contributed by atoms with van der Waals surface area (Å²) in [5.74, 6) is 1.34. The highest BCUT2D eigenvalue weighted by Crippen LogP contribution is 2.37. The fourth-order valence-electron chi connectivity index (χ4n) is 2.79. The molecule has 1 saturated carbocycles. The zero-order valence-electron chi connectivity index (χ0n) is 9.65. The van der Waals surface area contributed by atoms with Crippen LogP contribution in [0.4, 0.5) is 0 Å². The van der Waals surface area contributed by atoms with Crippen LogP contribution in [-0.4, -0.2) is 23.7 Å². The molecular formula is C12H23N3. The molecule has 2 fully saturated rings. The number of likely N-dealkylation sites (tertiary alicyclic amines) is 1. The van der Waals surface area contributed by atoms with Crippen LogP contribution in [0.25, 0.3) is 0 Å². The summed E-state index contributed by atoms with van der Waals surface area (Å²) in [5, 5.41) is 0. The van der Waals surface area contributed by atoms with E-state index in [0.717, 1.165) is 18.9 Å². The minimum Gasteiger partial charge on any atom is -0.360 e. The van der Waals surface area contributed by atoms with Gasteiger partial charge in [0.25, 0.3) is 0 Å². The summed E-state index contributed by atoms with van der Waals surface area (Å²) in [6.45, 7) is 7.11. The predicted octanol–water partition coefficient (Wildman–Crippen LogP) is 1.25. The second-order valence-electron chi connectivity index (χ2n) is 5.19. The van der Waals surface area contributed by atoms with Gasteiger partial charge in [0.15, 0.2) is 0 Å². The van der Waals surface area contributed by atoms with Crippen molar-refractivity contribution in [2.75, 3.05) is 6.54 Å². The van der Waals surface area contributed by atoms with Gasteiger partial charge in [0.05, 0.1) is 6.17 Å². The molecule has 1 heterocycles. The van der Waals surface area contributed by atoms with E-state index in [0.29, 0.717) is 12.0 Å². The van der Waals surface area contributed by atoms with Crippen molar-refractivity contribution in [1.29, 1.82) is 0 Å². The molecule has 4 N–H and O–H groups in total. The van der Waals surface area contributed by atoms with Gasteiger partial charge in [-0.2, -0.15) is 0 Å². The third-order valence-corrected chi connectivity index (χ3v) is 4.07. The first-order valence-corrected chi connectivity index (χ1v) is 6.05. The number of allylic oxidation sites excluding steroid dienone is 1. The van der Waals surface area contributed by atoms with Gasteiger partial charge in [0.2, 0.25) is 0 Å². The second-order valence-corrected chi connectivity index (χ2v) is 5.19. The Morgan fingerprint density at radius 1 is 1.33 bits per heavy atom. The van der Waals surface area contributed by atoms with E-state index in [1.807, 2.05) is 6.92 Å². The van der Waals surface area contributed by atoms with E-state index in [1.54, 1.807) is 0 Å². The van der Waals surface area contributed by atoms with Crippen molar-refractivity contribution in [2.24, 2.45) is 23.3 Å². The van der Waals surface area contributed by atoms with Gasteiger partial charge in [-0.3, -0.25) is 0 Å². The van der Waals surface area contributed by atoms with Crippen molar-refractivity contribution in [3.05, 3.63) is 12.3 Å². The van der Waals surface area contributed by atoms with Gasteiger partial charge in [-0.25, -0.2) is 0 Å². The lowest BCUT2D eigenvalue weighted by atomic mass is 9.75. The summed E-state index contributed by atoms with van der Waals surface area (Å²) < 4.78 is 0. The molecule has 3 nitrogen and oxygen atoms in total. The molecular weight excluding hydrogens is 186 g/mol. The van der Waals surface area contributed by atoms with E-state index < -0.39 is 0 Å². The Morgan fingerprint density at radius 3 is 2.40 bits per heavy atom. The second kappa shape index (κ2) is 4.14. The standard InChI is InChI=1S/C12H23N3/c1-8-6-11(7-15(8)9(2)13)12(14)10-4-3-5-10/h9-12H,1,3-7,13-14H2,2H3. The van der Waals surface area contributed by atoms with E-state index in [9.17, 15) is 0 Å². The molecule has 1 saturated heterocycles. The summed E-state index contributed by atoms with van der Waals surface area (Å²) in [6.07, 6.45) is 5.13. The van der Waals surface area contributed by atoms with Crippen LogP contribution in [0.15, 0.2) is 12.3 Å². The van der Waals surface area contributed by atoms with Crippen LogP contribution in [0.2, 0.25) is 0 Å². The number of rotatable bonds is 3. The minimum absolute atomic E-state index is 0.0797. The van der Waals surface area contributed by atoms with Gasteiger partial charge >= 0.3 is 0 Å². The highest BCUT2D eigenvalue weighted by Gasteiger charge is 2.36. The first-order valence-electron chi connectivity index (χ1n) is 6.05. The molecule has 1 aliphatic heterocycles. The molecule has 0 amide bonds. The molecule has 0 bridgehead atoms. The molecule has 3 unspecified atom stereocenters. The number of nitrogens with zero attached hydrogens (tertiary/aromatic N) is 1. The van der Waals surface area contributed by atoms with Crippen molar-refractivity contribution in [3.8, 4) is 0 Å². The van der Waals surface area contributed by atoms with Crippen LogP contribution in [0.3, 0.4) is 0 Å². The van der Waals surface area contributed by atoms with E-state index in [2.05, 4.69) is 11.5 Å². The minimum atomic E-state index is 0.0797. The molecule has 0 aromatic heterocycles. The van der Waals surface area contributed by atoms with Gasteiger partial charge < -0.3 is 16.4 Å². The van der Waals surface area contributed by atoms with Crippen LogP contribution in [0.5, 0.6) is 0 Å². The largest absolute Gasteiger partial charge is 0.360 e. The van der Waals surface area contributed by atoms with Crippen molar-refractivity contribution >= 4 is 0 Å². The molecule has 0 aromatic rings. The topological polar surface area (TPSA) is 55.3 Å². The summed E-state index contributed by atoms with van der Waals surface area (Å²) in [7, 11) is 0. The lowest BCUT2D eigenvalue weighted by molar-refractivity contribution is 0.197. The van der Waals surface area contributed by atoms with Crippen LogP contribution in [-0.2, 0) is 0 Å². The molecule has 2 aliphatic rings. The predicted molar refractivity (Wildman–Crippen MR) is 62.9 cm³/mol. The summed E-state index contributed by atoms with van der Waals surface area (Å²) in [6, 6.07) is 0.360. The van der Waals surface area contributed by atoms with Crippen LogP contribution >= 0.6 is 0 Å². The number of nitrogens with two attached hydrogens (primary N) is 2. The van der Waals surface area contributed by atoms with Crippen molar-refractivity contribution < 1.29 is 0 Å². The van der Waals surface area contributed by atoms with Crippen LogP contribution < -0.4 is 11.5 Å². The number of hydrogen-bond acceptors (Lipinski definition) is 3. The van der Waals surface area contributed by atoms with E-state index in [-0.39, 0.29) is 6.17 Å². The Bertz CT molecular complexity index is 245. The highest BCUT2D eigenvalue weighted by molar-refractivity contribution is 5.07. The molecule has 86 valence electrons. The van der Waals surface area contributed by atoms with Crippen LogP contribution in [0, 0.1) is 11.8 Å². The smallest absolute Gasteiger partial charge is 0.0739 e. The molecule has 2 rings (SSSR count). The molecule has 0 spiro atoms. The maximum atomic E-state index is 6.30. The zero-order valence-corrected chi connectivity index (χ0v) is 9.65. The molecule has 3 heteroatoms. The van der Waals surface area contributed by atoms with Crippen molar-refractivity contribution in [3.63, 3.8) is 0 Å². The zero-order chi connectivity index (χ0) is 11.0. The fraction of sp³-hybridized carbons (Fsp3) is 0.833. The molecule has 0 aromatic carbocycles. The third-order valence-electron chi connectivity index (χ3n) is 4.07. The first-order chi connectivity index (χ1) is 7.09. The highest BCUT2D eigenvalue weighted by atomic mass is 15.2. The maximum absolute atomic E-state index is 6.30. The quantitative estimate of drug-likeness (QED) is 0.735. The summed E-state index contributed by atoms with van der Waals surface area (Å²) in [5.41, 5.74) is 13.4. The lowest BCUT2D eigenvalue weighted by Crippen LogP contribution is -2.43. The maximum Gasteiger partial charge on any atom is 0.0739 e. The molecule has 15 heavy (non-hydrogen) atoms. The fourth-order valence-corrected chi connectivity index (χ4v) is 2.79. The van der Waals surface area contributed by atoms with Crippen LogP contribution in [0.1, 0.15) is 32.6 Å². The first kappa shape index (κ1) is 11.0. The van der Waals surface area contributed by atoms with Gasteiger partial charge in [-0.15, -0.1) is 0 Å². The van der Waals surface area contributed by atoms with E-state index in [4.69, 9.17) is 11.5 Å². The Morgan fingerprint density at radius 2 is 2.00 bits per heavy atom. The van der Waals surface area contributed by atoms with E-state index in [1.165, 1.54) is 25.0 Å². The summed E-state index contributed by atoms with van der Waals surface area (Å²) in [4.78, 5) is 2.20. The van der Waals surface area contributed by atoms with Gasteiger partial charge in [-0.05, 0) is 38.0 Å².